The predicted octanol–water partition coefficient (Wildman–Crippen LogP) is 1.32. The molecule has 1 aromatic rings. The lowest BCUT2D eigenvalue weighted by atomic mass is 10.2. The van der Waals surface area contributed by atoms with Crippen LogP contribution in [0.15, 0.2) is 30.3 Å². The average Bonchev–Trinajstić information content (AvgIpc) is 2.37. The number of nitrogens with zero attached hydrogens (tertiary/aromatic N) is 2. The second-order valence-corrected chi connectivity index (χ2v) is 4.58. The Labute approximate surface area is 109 Å². The fourth-order valence-corrected chi connectivity index (χ4v) is 1.69. The number of hydrogen-bond donors (Lipinski definition) is 1. The minimum atomic E-state index is 0.147. The van der Waals surface area contributed by atoms with Crippen LogP contribution in [0, 0.1) is 0 Å². The van der Waals surface area contributed by atoms with Crippen LogP contribution in [-0.2, 0) is 4.79 Å². The van der Waals surface area contributed by atoms with E-state index in [1.54, 1.807) is 0 Å². The van der Waals surface area contributed by atoms with Gasteiger partial charge in [-0.2, -0.15) is 0 Å². The molecule has 0 unspecified atom stereocenters. The maximum atomic E-state index is 12.2. The summed E-state index contributed by atoms with van der Waals surface area (Å²) in [5.74, 6) is 0.147. The summed E-state index contributed by atoms with van der Waals surface area (Å²) in [6.45, 7) is 2.12. The number of anilines is 1. The summed E-state index contributed by atoms with van der Waals surface area (Å²) in [6.07, 6.45) is 1.25. The fourth-order valence-electron chi connectivity index (χ4n) is 1.69. The second-order valence-electron chi connectivity index (χ2n) is 4.58. The lowest BCUT2D eigenvalue weighted by molar-refractivity contribution is -0.118. The van der Waals surface area contributed by atoms with E-state index in [0.29, 0.717) is 19.5 Å². The van der Waals surface area contributed by atoms with E-state index in [9.17, 15) is 4.79 Å². The Bertz CT molecular complexity index is 351. The minimum Gasteiger partial charge on any atom is -0.330 e. The van der Waals surface area contributed by atoms with Gasteiger partial charge in [-0.3, -0.25) is 4.79 Å². The van der Waals surface area contributed by atoms with Gasteiger partial charge in [-0.15, -0.1) is 0 Å². The molecule has 0 aliphatic rings. The molecule has 1 aromatic carbocycles. The Morgan fingerprint density at radius 3 is 2.39 bits per heavy atom. The van der Waals surface area contributed by atoms with E-state index in [1.165, 1.54) is 0 Å². The molecule has 18 heavy (non-hydrogen) atoms. The van der Waals surface area contributed by atoms with Crippen molar-refractivity contribution in [2.45, 2.75) is 12.8 Å². The summed E-state index contributed by atoms with van der Waals surface area (Å²) in [7, 11) is 4.01. The number of amides is 1. The van der Waals surface area contributed by atoms with Crippen molar-refractivity contribution in [1.82, 2.24) is 4.90 Å². The first-order chi connectivity index (χ1) is 8.65. The summed E-state index contributed by atoms with van der Waals surface area (Å²) >= 11 is 0. The van der Waals surface area contributed by atoms with E-state index >= 15 is 0 Å². The van der Waals surface area contributed by atoms with Crippen molar-refractivity contribution in [3.05, 3.63) is 30.3 Å². The van der Waals surface area contributed by atoms with E-state index in [1.807, 2.05) is 49.3 Å². The van der Waals surface area contributed by atoms with Crippen molar-refractivity contribution in [3.63, 3.8) is 0 Å². The highest BCUT2D eigenvalue weighted by molar-refractivity contribution is 5.93. The topological polar surface area (TPSA) is 49.6 Å². The van der Waals surface area contributed by atoms with Gasteiger partial charge in [0.25, 0.3) is 0 Å². The number of carbonyl (C=O) groups is 1. The van der Waals surface area contributed by atoms with Crippen LogP contribution in [0.4, 0.5) is 5.69 Å². The Kier molecular flexibility index (Phi) is 6.39. The van der Waals surface area contributed by atoms with Gasteiger partial charge in [-0.1, -0.05) is 18.2 Å². The van der Waals surface area contributed by atoms with E-state index in [0.717, 1.165) is 18.7 Å². The molecule has 2 N–H and O–H groups in total. The molecule has 0 heterocycles. The third-order valence-electron chi connectivity index (χ3n) is 2.73. The molecule has 0 aliphatic carbocycles. The molecule has 4 nitrogen and oxygen atoms in total. The van der Waals surface area contributed by atoms with Gasteiger partial charge in [-0.05, 0) is 39.2 Å². The smallest absolute Gasteiger partial charge is 0.227 e. The zero-order valence-corrected chi connectivity index (χ0v) is 11.3. The summed E-state index contributed by atoms with van der Waals surface area (Å²) < 4.78 is 0. The normalized spacial score (nSPS) is 10.7. The standard InChI is InChI=1S/C14H23N3O/c1-16(2)11-12-17(14(18)9-6-10-15)13-7-4-3-5-8-13/h3-5,7-8H,6,9-12,15H2,1-2H3. The van der Waals surface area contributed by atoms with Crippen molar-refractivity contribution in [2.75, 3.05) is 38.6 Å². The molecular weight excluding hydrogens is 226 g/mol. The fraction of sp³-hybridized carbons (Fsp3) is 0.500. The highest BCUT2D eigenvalue weighted by Gasteiger charge is 2.14. The van der Waals surface area contributed by atoms with Crippen molar-refractivity contribution in [1.29, 1.82) is 0 Å². The van der Waals surface area contributed by atoms with Gasteiger partial charge in [-0.25, -0.2) is 0 Å². The van der Waals surface area contributed by atoms with Gasteiger partial charge < -0.3 is 15.5 Å². The van der Waals surface area contributed by atoms with Crippen LogP contribution in [0.1, 0.15) is 12.8 Å². The SMILES string of the molecule is CN(C)CCN(C(=O)CCCN)c1ccccc1. The lowest BCUT2D eigenvalue weighted by Gasteiger charge is -2.24. The Morgan fingerprint density at radius 2 is 1.83 bits per heavy atom. The Morgan fingerprint density at radius 1 is 1.17 bits per heavy atom. The van der Waals surface area contributed by atoms with E-state index in [4.69, 9.17) is 5.73 Å². The Balaban J connectivity index is 2.71. The second kappa shape index (κ2) is 7.84. The maximum Gasteiger partial charge on any atom is 0.227 e. The molecule has 1 rings (SSSR count). The molecule has 0 spiro atoms. The first-order valence-corrected chi connectivity index (χ1v) is 6.35. The molecule has 0 aliphatic heterocycles. The number of likely N-dealkylation sites (N-methyl/N-ethyl adjacent to an activating group) is 1. The molecular formula is C14H23N3O. The number of rotatable bonds is 7. The number of para-hydroxylation sites is 1. The molecule has 4 heteroatoms. The molecule has 0 saturated heterocycles. The first kappa shape index (κ1) is 14.7. The zero-order chi connectivity index (χ0) is 13.4. The molecule has 1 amide bonds. The monoisotopic (exact) mass is 249 g/mol. The van der Waals surface area contributed by atoms with Crippen LogP contribution in [-0.4, -0.2) is 44.5 Å². The van der Waals surface area contributed by atoms with Crippen LogP contribution in [0.25, 0.3) is 0 Å². The first-order valence-electron chi connectivity index (χ1n) is 6.35. The lowest BCUT2D eigenvalue weighted by Crippen LogP contribution is -2.36. The van der Waals surface area contributed by atoms with Crippen LogP contribution in [0.5, 0.6) is 0 Å². The number of hydrogen-bond acceptors (Lipinski definition) is 3. The highest BCUT2D eigenvalue weighted by Crippen LogP contribution is 2.14. The van der Waals surface area contributed by atoms with Gasteiger partial charge in [0.05, 0.1) is 0 Å². The number of carbonyl (C=O) groups excluding carboxylic acids is 1. The average molecular weight is 249 g/mol. The van der Waals surface area contributed by atoms with Crippen molar-refractivity contribution in [2.24, 2.45) is 5.73 Å². The van der Waals surface area contributed by atoms with Gasteiger partial charge in [0.1, 0.15) is 0 Å². The maximum absolute atomic E-state index is 12.2. The predicted molar refractivity (Wildman–Crippen MR) is 75.6 cm³/mol. The van der Waals surface area contributed by atoms with Crippen molar-refractivity contribution >= 4 is 11.6 Å². The van der Waals surface area contributed by atoms with Gasteiger partial charge in [0, 0.05) is 25.2 Å². The minimum absolute atomic E-state index is 0.147. The van der Waals surface area contributed by atoms with Crippen molar-refractivity contribution in [3.8, 4) is 0 Å². The summed E-state index contributed by atoms with van der Waals surface area (Å²) in [6, 6.07) is 9.80. The third-order valence-corrected chi connectivity index (χ3v) is 2.73. The molecule has 0 radical (unpaired) electrons. The Hall–Kier alpha value is -1.39. The van der Waals surface area contributed by atoms with E-state index in [2.05, 4.69) is 4.90 Å². The largest absolute Gasteiger partial charge is 0.330 e. The van der Waals surface area contributed by atoms with Crippen LogP contribution < -0.4 is 10.6 Å². The highest BCUT2D eigenvalue weighted by atomic mass is 16.2. The third kappa shape index (κ3) is 4.85. The van der Waals surface area contributed by atoms with E-state index in [-0.39, 0.29) is 5.91 Å². The van der Waals surface area contributed by atoms with Crippen LogP contribution >= 0.6 is 0 Å². The number of nitrogens with two attached hydrogens (primary N) is 1. The molecule has 0 atom stereocenters. The summed E-state index contributed by atoms with van der Waals surface area (Å²) in [5, 5.41) is 0. The van der Waals surface area contributed by atoms with Gasteiger partial charge in [0.15, 0.2) is 0 Å². The van der Waals surface area contributed by atoms with E-state index < -0.39 is 0 Å². The summed E-state index contributed by atoms with van der Waals surface area (Å²) in [4.78, 5) is 16.1. The number of benzene rings is 1. The molecule has 0 saturated carbocycles. The van der Waals surface area contributed by atoms with Gasteiger partial charge >= 0.3 is 0 Å². The molecule has 0 fully saturated rings. The van der Waals surface area contributed by atoms with Crippen LogP contribution in [0.3, 0.4) is 0 Å². The zero-order valence-electron chi connectivity index (χ0n) is 11.3. The van der Waals surface area contributed by atoms with Crippen LogP contribution in [0.2, 0.25) is 0 Å². The molecule has 0 bridgehead atoms. The van der Waals surface area contributed by atoms with Gasteiger partial charge in [0.2, 0.25) is 5.91 Å². The van der Waals surface area contributed by atoms with Crippen molar-refractivity contribution < 1.29 is 4.79 Å². The molecule has 0 aromatic heterocycles. The molecule has 100 valence electrons. The quantitative estimate of drug-likeness (QED) is 0.793. The summed E-state index contributed by atoms with van der Waals surface area (Å²) in [5.41, 5.74) is 6.42.